The van der Waals surface area contributed by atoms with Gasteiger partial charge in [0.1, 0.15) is 6.10 Å². The van der Waals surface area contributed by atoms with E-state index in [0.29, 0.717) is 31.9 Å². The van der Waals surface area contributed by atoms with Gasteiger partial charge in [0.25, 0.3) is 0 Å². The van der Waals surface area contributed by atoms with Crippen LogP contribution in [0.5, 0.6) is 0 Å². The van der Waals surface area contributed by atoms with E-state index in [0.717, 1.165) is 44.9 Å². The molecule has 0 radical (unpaired) electrons. The molecule has 2 aliphatic rings. The zero-order valence-corrected chi connectivity index (χ0v) is 11.6. The third-order valence-electron chi connectivity index (χ3n) is 3.91. The fourth-order valence-corrected chi connectivity index (χ4v) is 2.69. The molecule has 0 spiro atoms. The molecule has 1 saturated carbocycles. The van der Waals surface area contributed by atoms with E-state index in [2.05, 4.69) is 5.32 Å². The van der Waals surface area contributed by atoms with Gasteiger partial charge in [0.15, 0.2) is 0 Å². The Bertz CT molecular complexity index is 272. The second-order valence-electron chi connectivity index (χ2n) is 5.55. The molecule has 0 aromatic carbocycles. The number of rotatable bonds is 6. The van der Waals surface area contributed by atoms with Crippen molar-refractivity contribution in [1.82, 2.24) is 5.32 Å². The van der Waals surface area contributed by atoms with E-state index in [-0.39, 0.29) is 12.0 Å². The Hall–Kier alpha value is -0.650. The van der Waals surface area contributed by atoms with Crippen molar-refractivity contribution in [2.45, 2.75) is 63.2 Å². The topological polar surface area (TPSA) is 73.6 Å². The van der Waals surface area contributed by atoms with Crippen molar-refractivity contribution in [3.05, 3.63) is 0 Å². The van der Waals surface area contributed by atoms with Crippen LogP contribution >= 0.6 is 0 Å². The van der Waals surface area contributed by atoms with Crippen LogP contribution in [-0.2, 0) is 14.3 Å². The first-order valence-corrected chi connectivity index (χ1v) is 7.52. The zero-order valence-electron chi connectivity index (χ0n) is 11.6. The summed E-state index contributed by atoms with van der Waals surface area (Å²) in [5, 5.41) is 2.91. The number of hydrogen-bond donors (Lipinski definition) is 2. The minimum atomic E-state index is -0.222. The van der Waals surface area contributed by atoms with E-state index in [1.807, 2.05) is 0 Å². The standard InChI is InChI=1S/C14H26N2O3/c15-11-4-6-12(7-5-11)18-10-2-8-16-14(17)13-3-1-9-19-13/h11-13H,1-10,15H2,(H,16,17)/t11?,12?,13-/m1/s1. The maximum absolute atomic E-state index is 11.7. The van der Waals surface area contributed by atoms with Crippen molar-refractivity contribution >= 4 is 5.91 Å². The van der Waals surface area contributed by atoms with E-state index >= 15 is 0 Å². The average molecular weight is 270 g/mol. The lowest BCUT2D eigenvalue weighted by atomic mass is 9.94. The summed E-state index contributed by atoms with van der Waals surface area (Å²) < 4.78 is 11.1. The van der Waals surface area contributed by atoms with E-state index in [1.165, 1.54) is 0 Å². The molecule has 1 atom stereocenters. The zero-order chi connectivity index (χ0) is 13.5. The molecule has 2 fully saturated rings. The van der Waals surface area contributed by atoms with Crippen LogP contribution in [0.1, 0.15) is 44.9 Å². The molecular formula is C14H26N2O3. The SMILES string of the molecule is NC1CCC(OCCCNC(=O)[C@H]2CCCO2)CC1. The Kier molecular flexibility index (Phi) is 6.07. The molecule has 5 nitrogen and oxygen atoms in total. The minimum absolute atomic E-state index is 0.0288. The summed E-state index contributed by atoms with van der Waals surface area (Å²) in [6, 6.07) is 0.366. The third-order valence-corrected chi connectivity index (χ3v) is 3.91. The first-order valence-electron chi connectivity index (χ1n) is 7.52. The van der Waals surface area contributed by atoms with Crippen LogP contribution < -0.4 is 11.1 Å². The molecule has 1 saturated heterocycles. The number of hydrogen-bond acceptors (Lipinski definition) is 4. The molecule has 19 heavy (non-hydrogen) atoms. The lowest BCUT2D eigenvalue weighted by Gasteiger charge is -2.26. The van der Waals surface area contributed by atoms with Crippen LogP contribution in [0.25, 0.3) is 0 Å². The van der Waals surface area contributed by atoms with Gasteiger partial charge in [-0.2, -0.15) is 0 Å². The van der Waals surface area contributed by atoms with Gasteiger partial charge in [-0.05, 0) is 44.9 Å². The van der Waals surface area contributed by atoms with Gasteiger partial charge >= 0.3 is 0 Å². The molecular weight excluding hydrogens is 244 g/mol. The van der Waals surface area contributed by atoms with Gasteiger partial charge in [0.2, 0.25) is 5.91 Å². The van der Waals surface area contributed by atoms with Gasteiger partial charge in [0, 0.05) is 25.8 Å². The van der Waals surface area contributed by atoms with E-state index in [9.17, 15) is 4.79 Å². The predicted octanol–water partition coefficient (Wildman–Crippen LogP) is 0.958. The van der Waals surface area contributed by atoms with Gasteiger partial charge in [-0.25, -0.2) is 0 Å². The molecule has 3 N–H and O–H groups in total. The molecule has 5 heteroatoms. The summed E-state index contributed by atoms with van der Waals surface area (Å²) in [4.78, 5) is 11.7. The molecule has 1 heterocycles. The van der Waals surface area contributed by atoms with Crippen LogP contribution in [0, 0.1) is 0 Å². The monoisotopic (exact) mass is 270 g/mol. The second kappa shape index (κ2) is 7.82. The Morgan fingerprint density at radius 3 is 2.74 bits per heavy atom. The van der Waals surface area contributed by atoms with Crippen molar-refractivity contribution in [2.75, 3.05) is 19.8 Å². The van der Waals surface area contributed by atoms with Crippen molar-refractivity contribution in [2.24, 2.45) is 5.73 Å². The van der Waals surface area contributed by atoms with Crippen molar-refractivity contribution < 1.29 is 14.3 Å². The largest absolute Gasteiger partial charge is 0.378 e. The Labute approximate surface area is 115 Å². The van der Waals surface area contributed by atoms with Gasteiger partial charge in [0.05, 0.1) is 6.10 Å². The number of nitrogens with one attached hydrogen (secondary N) is 1. The van der Waals surface area contributed by atoms with Gasteiger partial charge in [-0.1, -0.05) is 0 Å². The molecule has 1 aliphatic carbocycles. The Morgan fingerprint density at radius 1 is 1.26 bits per heavy atom. The highest BCUT2D eigenvalue weighted by atomic mass is 16.5. The second-order valence-corrected chi connectivity index (χ2v) is 5.55. The molecule has 1 aliphatic heterocycles. The summed E-state index contributed by atoms with van der Waals surface area (Å²) in [5.74, 6) is 0.0288. The number of carbonyl (C=O) groups excluding carboxylic acids is 1. The van der Waals surface area contributed by atoms with Crippen molar-refractivity contribution in [3.8, 4) is 0 Å². The molecule has 2 rings (SSSR count). The quantitative estimate of drug-likeness (QED) is 0.705. The van der Waals surface area contributed by atoms with Crippen LogP contribution in [0.4, 0.5) is 0 Å². The van der Waals surface area contributed by atoms with Crippen molar-refractivity contribution in [3.63, 3.8) is 0 Å². The Balaban J connectivity index is 1.46. The highest BCUT2D eigenvalue weighted by molar-refractivity contribution is 5.80. The number of nitrogens with two attached hydrogens (primary N) is 1. The molecule has 0 bridgehead atoms. The van der Waals surface area contributed by atoms with Crippen LogP contribution in [-0.4, -0.2) is 43.9 Å². The van der Waals surface area contributed by atoms with E-state index < -0.39 is 0 Å². The maximum Gasteiger partial charge on any atom is 0.249 e. The number of carbonyl (C=O) groups is 1. The summed E-state index contributed by atoms with van der Waals surface area (Å²) in [6.07, 6.45) is 7.14. The molecule has 1 amide bonds. The molecule has 0 unspecified atom stereocenters. The highest BCUT2D eigenvalue weighted by Crippen LogP contribution is 2.19. The molecule has 0 aromatic rings. The summed E-state index contributed by atoms with van der Waals surface area (Å²) in [6.45, 7) is 2.10. The lowest BCUT2D eigenvalue weighted by molar-refractivity contribution is -0.130. The van der Waals surface area contributed by atoms with Crippen molar-refractivity contribution in [1.29, 1.82) is 0 Å². The molecule has 0 aromatic heterocycles. The number of amides is 1. The fourth-order valence-electron chi connectivity index (χ4n) is 2.69. The normalized spacial score (nSPS) is 31.3. The van der Waals surface area contributed by atoms with E-state index in [4.69, 9.17) is 15.2 Å². The summed E-state index contributed by atoms with van der Waals surface area (Å²) in [7, 11) is 0. The predicted molar refractivity (Wildman–Crippen MR) is 72.8 cm³/mol. The first-order chi connectivity index (χ1) is 9.25. The van der Waals surface area contributed by atoms with Crippen LogP contribution in [0.3, 0.4) is 0 Å². The number of ether oxygens (including phenoxy) is 2. The van der Waals surface area contributed by atoms with Gasteiger partial charge in [-0.3, -0.25) is 4.79 Å². The maximum atomic E-state index is 11.7. The smallest absolute Gasteiger partial charge is 0.249 e. The van der Waals surface area contributed by atoms with Crippen LogP contribution in [0.15, 0.2) is 0 Å². The summed E-state index contributed by atoms with van der Waals surface area (Å²) >= 11 is 0. The lowest BCUT2D eigenvalue weighted by Crippen LogP contribution is -2.35. The fraction of sp³-hybridized carbons (Fsp3) is 0.929. The van der Waals surface area contributed by atoms with Gasteiger partial charge < -0.3 is 20.5 Å². The van der Waals surface area contributed by atoms with Gasteiger partial charge in [-0.15, -0.1) is 0 Å². The third kappa shape index (κ3) is 5.09. The first kappa shape index (κ1) is 14.8. The average Bonchev–Trinajstić information content (AvgIpc) is 2.94. The minimum Gasteiger partial charge on any atom is -0.378 e. The van der Waals surface area contributed by atoms with E-state index in [1.54, 1.807) is 0 Å². The molecule has 110 valence electrons. The van der Waals surface area contributed by atoms with Crippen LogP contribution in [0.2, 0.25) is 0 Å². The highest BCUT2D eigenvalue weighted by Gasteiger charge is 2.23. The summed E-state index contributed by atoms with van der Waals surface area (Å²) in [5.41, 5.74) is 5.85. The Morgan fingerprint density at radius 2 is 2.05 bits per heavy atom.